The fraction of sp³-hybridized carbons (Fsp3) is 0.619. The van der Waals surface area contributed by atoms with Crippen molar-refractivity contribution in [1.82, 2.24) is 15.1 Å². The first kappa shape index (κ1) is 25.4. The number of rotatable bonds is 10. The summed E-state index contributed by atoms with van der Waals surface area (Å²) >= 11 is 0. The van der Waals surface area contributed by atoms with Crippen LogP contribution in [0.2, 0.25) is 0 Å². The van der Waals surface area contributed by atoms with Crippen LogP contribution in [0.1, 0.15) is 37.3 Å². The van der Waals surface area contributed by atoms with Crippen LogP contribution < -0.4 is 5.32 Å². The highest BCUT2D eigenvalue weighted by Gasteiger charge is 2.22. The third kappa shape index (κ3) is 9.58. The van der Waals surface area contributed by atoms with Crippen molar-refractivity contribution in [2.24, 2.45) is 0 Å². The second kappa shape index (κ2) is 13.5. The fourth-order valence-electron chi connectivity index (χ4n) is 3.51. The molecule has 0 radical (unpaired) electrons. The largest absolute Gasteiger partial charge is 0.480 e. The molecule has 1 amide bonds. The molecule has 1 fully saturated rings. The first-order chi connectivity index (χ1) is 13.5. The number of likely N-dealkylation sites (N-methyl/N-ethyl adjacent to an activating group) is 1. The van der Waals surface area contributed by atoms with Crippen LogP contribution in [0.3, 0.4) is 0 Å². The number of nitrogens with zero attached hydrogens (tertiary/aromatic N) is 2. The van der Waals surface area contributed by atoms with Crippen LogP contribution in [0.5, 0.6) is 0 Å². The molecule has 0 aromatic heterocycles. The van der Waals surface area contributed by atoms with Crippen molar-refractivity contribution in [2.75, 3.05) is 39.8 Å². The average molecular weight is 428 g/mol. The van der Waals surface area contributed by atoms with Crippen molar-refractivity contribution < 1.29 is 19.4 Å². The monoisotopic (exact) mass is 427 g/mol. The maximum absolute atomic E-state index is 12.3. The molecule has 164 valence electrons. The zero-order valence-corrected chi connectivity index (χ0v) is 18.2. The molecule has 1 saturated heterocycles. The molecule has 0 bridgehead atoms. The topological polar surface area (TPSA) is 82.1 Å². The number of hydrogen-bond donors (Lipinski definition) is 2. The molecule has 0 saturated carbocycles. The molecule has 2 rings (SSSR count). The van der Waals surface area contributed by atoms with Crippen LogP contribution in [-0.2, 0) is 27.5 Å². The second-order valence-corrected chi connectivity index (χ2v) is 7.40. The van der Waals surface area contributed by atoms with Gasteiger partial charge in [0.25, 0.3) is 0 Å². The summed E-state index contributed by atoms with van der Waals surface area (Å²) < 4.78 is 5.39. The SMILES string of the molecule is CCOCc1ccc(CNC(=O)CN2CCCC(N(C)CC(=O)O)CC2)cc1.Cl. The number of benzene rings is 1. The predicted molar refractivity (Wildman–Crippen MR) is 115 cm³/mol. The summed E-state index contributed by atoms with van der Waals surface area (Å²) in [5.41, 5.74) is 2.20. The highest BCUT2D eigenvalue weighted by molar-refractivity contribution is 5.85. The molecule has 0 spiro atoms. The number of likely N-dealkylation sites (tertiary alicyclic amines) is 1. The summed E-state index contributed by atoms with van der Waals surface area (Å²) in [6.45, 7) is 5.94. The van der Waals surface area contributed by atoms with Crippen molar-refractivity contribution >= 4 is 24.3 Å². The van der Waals surface area contributed by atoms with E-state index in [1.54, 1.807) is 0 Å². The van der Waals surface area contributed by atoms with Crippen LogP contribution in [-0.4, -0.2) is 72.7 Å². The Balaban J connectivity index is 0.00000420. The van der Waals surface area contributed by atoms with Gasteiger partial charge in [-0.2, -0.15) is 0 Å². The lowest BCUT2D eigenvalue weighted by atomic mass is 10.1. The van der Waals surface area contributed by atoms with E-state index in [1.807, 2.05) is 43.1 Å². The minimum atomic E-state index is -0.797. The summed E-state index contributed by atoms with van der Waals surface area (Å²) in [6, 6.07) is 8.35. The van der Waals surface area contributed by atoms with Crippen LogP contribution in [0.4, 0.5) is 0 Å². The van der Waals surface area contributed by atoms with Gasteiger partial charge in [-0.15, -0.1) is 12.4 Å². The Hall–Kier alpha value is -1.67. The van der Waals surface area contributed by atoms with Crippen molar-refractivity contribution in [3.63, 3.8) is 0 Å². The number of ether oxygens (including phenoxy) is 1. The average Bonchev–Trinajstić information content (AvgIpc) is 2.90. The molecule has 29 heavy (non-hydrogen) atoms. The van der Waals surface area contributed by atoms with Crippen molar-refractivity contribution in [2.45, 2.75) is 45.4 Å². The van der Waals surface area contributed by atoms with E-state index in [2.05, 4.69) is 10.2 Å². The Morgan fingerprint density at radius 2 is 1.90 bits per heavy atom. The lowest BCUT2D eigenvalue weighted by Gasteiger charge is -2.25. The van der Waals surface area contributed by atoms with Gasteiger partial charge in [0.1, 0.15) is 0 Å². The molecule has 1 aliphatic rings. The highest BCUT2D eigenvalue weighted by Crippen LogP contribution is 2.15. The Labute approximate surface area is 179 Å². The van der Waals surface area contributed by atoms with Gasteiger partial charge in [0.2, 0.25) is 5.91 Å². The number of hydrogen-bond acceptors (Lipinski definition) is 5. The normalized spacial score (nSPS) is 17.4. The van der Waals surface area contributed by atoms with E-state index in [1.165, 1.54) is 0 Å². The summed E-state index contributed by atoms with van der Waals surface area (Å²) in [7, 11) is 1.86. The molecule has 1 unspecified atom stereocenters. The Kier molecular flexibility index (Phi) is 11.8. The maximum atomic E-state index is 12.3. The molecule has 2 N–H and O–H groups in total. The van der Waals surface area contributed by atoms with Crippen molar-refractivity contribution in [1.29, 1.82) is 0 Å². The molecule has 1 aliphatic heterocycles. The molecular formula is C21H34ClN3O4. The molecule has 1 atom stereocenters. The highest BCUT2D eigenvalue weighted by atomic mass is 35.5. The van der Waals surface area contributed by atoms with Gasteiger partial charge >= 0.3 is 5.97 Å². The number of carbonyl (C=O) groups excluding carboxylic acids is 1. The summed E-state index contributed by atoms with van der Waals surface area (Å²) in [5, 5.41) is 11.9. The Morgan fingerprint density at radius 1 is 1.21 bits per heavy atom. The first-order valence-corrected chi connectivity index (χ1v) is 10.0. The molecular weight excluding hydrogens is 394 g/mol. The van der Waals surface area contributed by atoms with Crippen LogP contribution in [0.15, 0.2) is 24.3 Å². The number of halogens is 1. The third-order valence-electron chi connectivity index (χ3n) is 5.15. The van der Waals surface area contributed by atoms with Gasteiger partial charge < -0.3 is 15.2 Å². The van der Waals surface area contributed by atoms with Crippen LogP contribution in [0, 0.1) is 0 Å². The van der Waals surface area contributed by atoms with Crippen LogP contribution in [0.25, 0.3) is 0 Å². The molecule has 1 heterocycles. The Bertz CT molecular complexity index is 627. The van der Waals surface area contributed by atoms with E-state index in [0.717, 1.165) is 43.5 Å². The van der Waals surface area contributed by atoms with Gasteiger partial charge in [0, 0.05) is 25.7 Å². The zero-order chi connectivity index (χ0) is 20.4. The second-order valence-electron chi connectivity index (χ2n) is 7.40. The number of carboxylic acid groups (broad SMARTS) is 1. The van der Waals surface area contributed by atoms with Gasteiger partial charge in [-0.1, -0.05) is 24.3 Å². The van der Waals surface area contributed by atoms with E-state index in [-0.39, 0.29) is 30.9 Å². The minimum absolute atomic E-state index is 0. The quantitative estimate of drug-likeness (QED) is 0.595. The van der Waals surface area contributed by atoms with Crippen molar-refractivity contribution in [3.8, 4) is 0 Å². The van der Waals surface area contributed by atoms with E-state index < -0.39 is 5.97 Å². The number of aliphatic carboxylic acids is 1. The maximum Gasteiger partial charge on any atom is 0.317 e. The van der Waals surface area contributed by atoms with E-state index in [9.17, 15) is 9.59 Å². The van der Waals surface area contributed by atoms with Gasteiger partial charge in [-0.05, 0) is 50.9 Å². The third-order valence-corrected chi connectivity index (χ3v) is 5.15. The van der Waals surface area contributed by atoms with E-state index in [4.69, 9.17) is 9.84 Å². The molecule has 8 heteroatoms. The van der Waals surface area contributed by atoms with E-state index >= 15 is 0 Å². The Morgan fingerprint density at radius 3 is 2.55 bits per heavy atom. The molecule has 7 nitrogen and oxygen atoms in total. The van der Waals surface area contributed by atoms with Gasteiger partial charge in [-0.3, -0.25) is 19.4 Å². The van der Waals surface area contributed by atoms with Gasteiger partial charge in [0.05, 0.1) is 19.7 Å². The molecule has 0 aliphatic carbocycles. The fourth-order valence-corrected chi connectivity index (χ4v) is 3.51. The lowest BCUT2D eigenvalue weighted by molar-refractivity contribution is -0.138. The lowest BCUT2D eigenvalue weighted by Crippen LogP contribution is -2.39. The first-order valence-electron chi connectivity index (χ1n) is 10.0. The number of carboxylic acids is 1. The number of amides is 1. The zero-order valence-electron chi connectivity index (χ0n) is 17.4. The summed E-state index contributed by atoms with van der Waals surface area (Å²) in [6.07, 6.45) is 2.83. The summed E-state index contributed by atoms with van der Waals surface area (Å²) in [4.78, 5) is 27.3. The number of carbonyl (C=O) groups is 2. The molecule has 1 aromatic carbocycles. The van der Waals surface area contributed by atoms with E-state index in [0.29, 0.717) is 26.3 Å². The van der Waals surface area contributed by atoms with Crippen LogP contribution >= 0.6 is 12.4 Å². The van der Waals surface area contributed by atoms with Crippen molar-refractivity contribution in [3.05, 3.63) is 35.4 Å². The minimum Gasteiger partial charge on any atom is -0.480 e. The predicted octanol–water partition coefficient (Wildman–Crippen LogP) is 2.13. The van der Waals surface area contributed by atoms with Gasteiger partial charge in [-0.25, -0.2) is 0 Å². The molecule has 1 aromatic rings. The standard InChI is InChI=1S/C21H33N3O4.ClH/c1-3-28-16-18-8-6-17(7-9-18)13-22-20(25)14-24-11-4-5-19(10-12-24)23(2)15-21(26)27;/h6-9,19H,3-5,10-16H2,1-2H3,(H,22,25)(H,26,27);1H. The summed E-state index contributed by atoms with van der Waals surface area (Å²) in [5.74, 6) is -0.773. The van der Waals surface area contributed by atoms with Gasteiger partial charge in [0.15, 0.2) is 0 Å². The smallest absolute Gasteiger partial charge is 0.317 e. The number of nitrogens with one attached hydrogen (secondary N) is 1.